The lowest BCUT2D eigenvalue weighted by molar-refractivity contribution is -0.907. The van der Waals surface area contributed by atoms with Crippen LogP contribution >= 0.6 is 0 Å². The molecule has 0 aromatic carbocycles. The summed E-state index contributed by atoms with van der Waals surface area (Å²) in [6, 6.07) is 7.10. The average molecular weight is 219 g/mol. The SMILES string of the molecule is C[NH+](CCc1ccccn1)C1CCCCC1. The predicted octanol–water partition coefficient (Wildman–Crippen LogP) is 1.47. The molecule has 0 radical (unpaired) electrons. The van der Waals surface area contributed by atoms with E-state index in [0.29, 0.717) is 0 Å². The summed E-state index contributed by atoms with van der Waals surface area (Å²) in [6.45, 7) is 1.22. The minimum Gasteiger partial charge on any atom is -0.335 e. The zero-order chi connectivity index (χ0) is 11.2. The third-order valence-electron chi connectivity index (χ3n) is 3.80. The van der Waals surface area contributed by atoms with Crippen molar-refractivity contribution in [2.24, 2.45) is 0 Å². The standard InChI is InChI=1S/C14H22N2/c1-16(14-8-3-2-4-9-14)12-10-13-7-5-6-11-15-13/h5-7,11,14H,2-4,8-10,12H2,1H3/p+1. The molecule has 1 fully saturated rings. The number of hydrogen-bond acceptors (Lipinski definition) is 1. The third-order valence-corrected chi connectivity index (χ3v) is 3.80. The van der Waals surface area contributed by atoms with Crippen molar-refractivity contribution in [3.05, 3.63) is 30.1 Å². The van der Waals surface area contributed by atoms with E-state index in [0.717, 1.165) is 12.5 Å². The zero-order valence-electron chi connectivity index (χ0n) is 10.3. The molecule has 1 heterocycles. The van der Waals surface area contributed by atoms with Gasteiger partial charge in [0.2, 0.25) is 0 Å². The van der Waals surface area contributed by atoms with Gasteiger partial charge in [0.15, 0.2) is 0 Å². The number of hydrogen-bond donors (Lipinski definition) is 1. The van der Waals surface area contributed by atoms with E-state index in [1.54, 1.807) is 4.90 Å². The second kappa shape index (κ2) is 6.00. The number of nitrogens with one attached hydrogen (secondary N) is 1. The van der Waals surface area contributed by atoms with Crippen LogP contribution in [0, 0.1) is 0 Å². The lowest BCUT2D eigenvalue weighted by atomic mass is 9.94. The molecule has 16 heavy (non-hydrogen) atoms. The number of nitrogens with zero attached hydrogens (tertiary/aromatic N) is 1. The molecule has 0 saturated heterocycles. The summed E-state index contributed by atoms with van der Waals surface area (Å²) in [4.78, 5) is 6.08. The van der Waals surface area contributed by atoms with Gasteiger partial charge in [-0.1, -0.05) is 12.5 Å². The van der Waals surface area contributed by atoms with Crippen molar-refractivity contribution in [3.8, 4) is 0 Å². The van der Waals surface area contributed by atoms with Crippen LogP contribution in [-0.2, 0) is 6.42 Å². The van der Waals surface area contributed by atoms with Crippen LogP contribution in [-0.4, -0.2) is 24.6 Å². The Morgan fingerprint density at radius 1 is 1.25 bits per heavy atom. The Morgan fingerprint density at radius 3 is 2.75 bits per heavy atom. The van der Waals surface area contributed by atoms with Crippen LogP contribution in [0.15, 0.2) is 24.4 Å². The molecule has 0 aliphatic heterocycles. The quantitative estimate of drug-likeness (QED) is 0.811. The van der Waals surface area contributed by atoms with Crippen molar-refractivity contribution in [1.82, 2.24) is 4.98 Å². The average Bonchev–Trinajstić information content (AvgIpc) is 2.38. The van der Waals surface area contributed by atoms with Gasteiger partial charge >= 0.3 is 0 Å². The maximum atomic E-state index is 4.38. The number of quaternary nitrogens is 1. The first kappa shape index (κ1) is 11.6. The fraction of sp³-hybridized carbons (Fsp3) is 0.643. The van der Waals surface area contributed by atoms with Gasteiger partial charge in [-0.3, -0.25) is 4.98 Å². The minimum atomic E-state index is 0.900. The molecule has 1 N–H and O–H groups in total. The lowest BCUT2D eigenvalue weighted by Crippen LogP contribution is -3.13. The fourth-order valence-electron chi connectivity index (χ4n) is 2.67. The molecular formula is C14H23N2+. The van der Waals surface area contributed by atoms with Crippen LogP contribution in [0.4, 0.5) is 0 Å². The molecule has 2 heteroatoms. The zero-order valence-corrected chi connectivity index (χ0v) is 10.3. The first-order valence-electron chi connectivity index (χ1n) is 6.58. The Balaban J connectivity index is 1.76. The Morgan fingerprint density at radius 2 is 2.06 bits per heavy atom. The van der Waals surface area contributed by atoms with E-state index in [9.17, 15) is 0 Å². The highest BCUT2D eigenvalue weighted by atomic mass is 15.1. The van der Waals surface area contributed by atoms with E-state index in [1.807, 2.05) is 12.3 Å². The van der Waals surface area contributed by atoms with Crippen molar-refractivity contribution >= 4 is 0 Å². The van der Waals surface area contributed by atoms with Crippen LogP contribution < -0.4 is 4.90 Å². The summed E-state index contributed by atoms with van der Waals surface area (Å²) in [5.74, 6) is 0. The van der Waals surface area contributed by atoms with E-state index in [2.05, 4.69) is 24.2 Å². The fourth-order valence-corrected chi connectivity index (χ4v) is 2.67. The maximum absolute atomic E-state index is 4.38. The summed E-state index contributed by atoms with van der Waals surface area (Å²) < 4.78 is 0. The normalized spacial score (nSPS) is 19.6. The molecule has 1 aromatic rings. The van der Waals surface area contributed by atoms with Crippen molar-refractivity contribution < 1.29 is 4.90 Å². The predicted molar refractivity (Wildman–Crippen MR) is 66.6 cm³/mol. The molecule has 0 bridgehead atoms. The third kappa shape index (κ3) is 3.31. The van der Waals surface area contributed by atoms with Gasteiger partial charge in [-0.2, -0.15) is 0 Å². The van der Waals surface area contributed by atoms with Crippen molar-refractivity contribution in [3.63, 3.8) is 0 Å². The molecule has 1 aromatic heterocycles. The summed E-state index contributed by atoms with van der Waals surface area (Å²) in [5, 5.41) is 0. The Hall–Kier alpha value is -0.890. The van der Waals surface area contributed by atoms with Crippen LogP contribution in [0.2, 0.25) is 0 Å². The highest BCUT2D eigenvalue weighted by molar-refractivity contribution is 5.03. The molecular weight excluding hydrogens is 196 g/mol. The molecule has 1 saturated carbocycles. The van der Waals surface area contributed by atoms with Gasteiger partial charge in [0.25, 0.3) is 0 Å². The highest BCUT2D eigenvalue weighted by Gasteiger charge is 2.20. The van der Waals surface area contributed by atoms with Gasteiger partial charge in [0.05, 0.1) is 19.6 Å². The lowest BCUT2D eigenvalue weighted by Gasteiger charge is -2.28. The first-order chi connectivity index (χ1) is 7.86. The Kier molecular flexibility index (Phi) is 4.34. The van der Waals surface area contributed by atoms with E-state index < -0.39 is 0 Å². The van der Waals surface area contributed by atoms with E-state index in [-0.39, 0.29) is 0 Å². The van der Waals surface area contributed by atoms with Crippen LogP contribution in [0.25, 0.3) is 0 Å². The second-order valence-electron chi connectivity index (χ2n) is 5.00. The van der Waals surface area contributed by atoms with Gasteiger partial charge in [-0.05, 0) is 37.8 Å². The molecule has 1 atom stereocenters. The Bertz CT molecular complexity index is 291. The van der Waals surface area contributed by atoms with Gasteiger partial charge < -0.3 is 4.90 Å². The van der Waals surface area contributed by atoms with E-state index in [1.165, 1.54) is 44.3 Å². The highest BCUT2D eigenvalue weighted by Crippen LogP contribution is 2.15. The summed E-state index contributed by atoms with van der Waals surface area (Å²) >= 11 is 0. The molecule has 88 valence electrons. The monoisotopic (exact) mass is 219 g/mol. The van der Waals surface area contributed by atoms with E-state index >= 15 is 0 Å². The Labute approximate surface area is 98.7 Å². The van der Waals surface area contributed by atoms with Crippen molar-refractivity contribution in [2.75, 3.05) is 13.6 Å². The van der Waals surface area contributed by atoms with Crippen LogP contribution in [0.1, 0.15) is 37.8 Å². The van der Waals surface area contributed by atoms with Gasteiger partial charge in [-0.25, -0.2) is 0 Å². The number of rotatable bonds is 4. The summed E-state index contributed by atoms with van der Waals surface area (Å²) in [5.41, 5.74) is 1.23. The number of aromatic nitrogens is 1. The second-order valence-corrected chi connectivity index (χ2v) is 5.00. The molecule has 2 nitrogen and oxygen atoms in total. The number of likely N-dealkylation sites (N-methyl/N-ethyl adjacent to an activating group) is 1. The van der Waals surface area contributed by atoms with Crippen LogP contribution in [0.3, 0.4) is 0 Å². The van der Waals surface area contributed by atoms with Gasteiger partial charge in [0, 0.05) is 18.3 Å². The molecule has 1 unspecified atom stereocenters. The smallest absolute Gasteiger partial charge is 0.0872 e. The molecule has 1 aliphatic carbocycles. The van der Waals surface area contributed by atoms with Crippen LogP contribution in [0.5, 0.6) is 0 Å². The first-order valence-corrected chi connectivity index (χ1v) is 6.58. The minimum absolute atomic E-state index is 0.900. The molecule has 2 rings (SSSR count). The summed E-state index contributed by atoms with van der Waals surface area (Å²) in [7, 11) is 2.35. The maximum Gasteiger partial charge on any atom is 0.0872 e. The van der Waals surface area contributed by atoms with Crippen molar-refractivity contribution in [1.29, 1.82) is 0 Å². The summed E-state index contributed by atoms with van der Waals surface area (Å²) in [6.07, 6.45) is 10.2. The van der Waals surface area contributed by atoms with Gasteiger partial charge in [0.1, 0.15) is 0 Å². The molecule has 0 spiro atoms. The topological polar surface area (TPSA) is 17.3 Å². The molecule has 0 amide bonds. The van der Waals surface area contributed by atoms with E-state index in [4.69, 9.17) is 0 Å². The van der Waals surface area contributed by atoms with Crippen molar-refractivity contribution in [2.45, 2.75) is 44.6 Å². The van der Waals surface area contributed by atoms with Gasteiger partial charge in [-0.15, -0.1) is 0 Å². The molecule has 1 aliphatic rings. The largest absolute Gasteiger partial charge is 0.335 e. The number of pyridine rings is 1.